The number of benzene rings is 2. The number of carbonyl (C=O) groups is 1. The van der Waals surface area contributed by atoms with E-state index in [1.165, 1.54) is 10.6 Å². The number of carbonyl (C=O) groups excluding carboxylic acids is 1. The SMILES string of the molecule is CNc1ccc2c(=O)n(-c3ccc(NC(=O)NS(=O)(=O)c4cc(Cl)c(Cl)s4)cc3)cc(-c3ccncc3)c2c1. The summed E-state index contributed by atoms with van der Waals surface area (Å²) >= 11 is 12.4. The van der Waals surface area contributed by atoms with Gasteiger partial charge in [-0.3, -0.25) is 14.3 Å². The molecule has 3 N–H and O–H groups in total. The second kappa shape index (κ2) is 10.7. The highest BCUT2D eigenvalue weighted by atomic mass is 35.5. The molecule has 0 aliphatic heterocycles. The van der Waals surface area contributed by atoms with Crippen LogP contribution >= 0.6 is 34.5 Å². The summed E-state index contributed by atoms with van der Waals surface area (Å²) in [6.45, 7) is 0. The van der Waals surface area contributed by atoms with Crippen LogP contribution in [-0.4, -0.2) is 31.0 Å². The number of sulfonamides is 1. The first-order valence-corrected chi connectivity index (χ1v) is 14.4. The highest BCUT2D eigenvalue weighted by Gasteiger charge is 2.22. The molecule has 0 spiro atoms. The van der Waals surface area contributed by atoms with E-state index in [0.29, 0.717) is 16.8 Å². The Hall–Kier alpha value is -3.90. The zero-order valence-corrected chi connectivity index (χ0v) is 23.3. The molecule has 2 amide bonds. The lowest BCUT2D eigenvalue weighted by Crippen LogP contribution is -2.33. The number of thiophene rings is 1. The van der Waals surface area contributed by atoms with Crippen molar-refractivity contribution in [3.05, 3.63) is 99.0 Å². The van der Waals surface area contributed by atoms with Crippen LogP contribution in [0.15, 0.2) is 88.3 Å². The lowest BCUT2D eigenvalue weighted by molar-refractivity contribution is 0.256. The molecule has 5 aromatic rings. The van der Waals surface area contributed by atoms with Crippen molar-refractivity contribution in [2.75, 3.05) is 17.7 Å². The van der Waals surface area contributed by atoms with Crippen molar-refractivity contribution in [3.63, 3.8) is 0 Å². The standard InChI is InChI=1S/C26H19Cl2N5O4S2/c1-29-17-4-7-19-20(12-17)21(15-8-10-30-11-9-15)14-33(25(19)34)18-5-2-16(3-6-18)31-26(35)32-39(36,37)23-13-22(27)24(28)38-23/h2-14,29H,1H3,(H2,31,32,35). The van der Waals surface area contributed by atoms with E-state index in [0.717, 1.165) is 33.5 Å². The number of hydrogen-bond donors (Lipinski definition) is 3. The molecular weight excluding hydrogens is 581 g/mol. The molecule has 5 rings (SSSR count). The number of nitrogens with zero attached hydrogens (tertiary/aromatic N) is 2. The summed E-state index contributed by atoms with van der Waals surface area (Å²) in [5.41, 5.74) is 3.25. The molecule has 0 aliphatic rings. The van der Waals surface area contributed by atoms with Crippen molar-refractivity contribution in [3.8, 4) is 16.8 Å². The number of hydrogen-bond acceptors (Lipinski definition) is 7. The van der Waals surface area contributed by atoms with Gasteiger partial charge in [-0.2, -0.15) is 0 Å². The smallest absolute Gasteiger partial charge is 0.333 e. The third-order valence-corrected chi connectivity index (χ3v) is 9.48. The first-order valence-electron chi connectivity index (χ1n) is 11.3. The van der Waals surface area contributed by atoms with E-state index in [9.17, 15) is 18.0 Å². The molecule has 9 nitrogen and oxygen atoms in total. The van der Waals surface area contributed by atoms with Gasteiger partial charge in [0.25, 0.3) is 15.6 Å². The van der Waals surface area contributed by atoms with Gasteiger partial charge in [0.2, 0.25) is 0 Å². The number of halogens is 2. The Kier molecular flexibility index (Phi) is 7.32. The molecule has 39 heavy (non-hydrogen) atoms. The molecule has 0 bridgehead atoms. The molecule has 0 radical (unpaired) electrons. The maximum Gasteiger partial charge on any atom is 0.333 e. The van der Waals surface area contributed by atoms with Crippen LogP contribution in [0.25, 0.3) is 27.6 Å². The number of rotatable bonds is 6. The molecule has 0 saturated heterocycles. The van der Waals surface area contributed by atoms with Crippen LogP contribution in [0.5, 0.6) is 0 Å². The Bertz CT molecular complexity index is 1850. The van der Waals surface area contributed by atoms with Crippen LogP contribution < -0.4 is 20.9 Å². The van der Waals surface area contributed by atoms with Gasteiger partial charge >= 0.3 is 6.03 Å². The predicted molar refractivity (Wildman–Crippen MR) is 156 cm³/mol. The van der Waals surface area contributed by atoms with Crippen LogP contribution in [-0.2, 0) is 10.0 Å². The minimum Gasteiger partial charge on any atom is -0.388 e. The first-order chi connectivity index (χ1) is 18.7. The Labute approximate surface area is 237 Å². The van der Waals surface area contributed by atoms with Crippen LogP contribution in [0.4, 0.5) is 16.2 Å². The summed E-state index contributed by atoms with van der Waals surface area (Å²) in [6.07, 6.45) is 5.14. The van der Waals surface area contributed by atoms with E-state index in [2.05, 4.69) is 15.6 Å². The summed E-state index contributed by atoms with van der Waals surface area (Å²) in [6, 6.07) is 15.9. The van der Waals surface area contributed by atoms with Gasteiger partial charge in [-0.25, -0.2) is 17.9 Å². The van der Waals surface area contributed by atoms with Crippen LogP contribution in [0.1, 0.15) is 0 Å². The maximum atomic E-state index is 13.5. The number of urea groups is 1. The third-order valence-electron chi connectivity index (χ3n) is 5.81. The fourth-order valence-corrected chi connectivity index (χ4v) is 6.73. The van der Waals surface area contributed by atoms with E-state index >= 15 is 0 Å². The number of amides is 2. The van der Waals surface area contributed by atoms with Gasteiger partial charge in [-0.15, -0.1) is 11.3 Å². The maximum absolute atomic E-state index is 13.5. The molecule has 3 aromatic heterocycles. The molecule has 198 valence electrons. The summed E-state index contributed by atoms with van der Waals surface area (Å²) in [5.74, 6) is 0. The minimum absolute atomic E-state index is 0.0801. The van der Waals surface area contributed by atoms with E-state index in [-0.39, 0.29) is 19.1 Å². The highest BCUT2D eigenvalue weighted by Crippen LogP contribution is 2.34. The molecule has 0 atom stereocenters. The van der Waals surface area contributed by atoms with Crippen LogP contribution in [0.3, 0.4) is 0 Å². The fourth-order valence-electron chi connectivity index (χ4n) is 3.94. The largest absolute Gasteiger partial charge is 0.388 e. The zero-order valence-electron chi connectivity index (χ0n) is 20.1. The molecule has 0 aliphatic carbocycles. The van der Waals surface area contributed by atoms with Crippen molar-refractivity contribution in [2.45, 2.75) is 4.21 Å². The summed E-state index contributed by atoms with van der Waals surface area (Å²) < 4.78 is 28.3. The second-order valence-electron chi connectivity index (χ2n) is 8.26. The van der Waals surface area contributed by atoms with Crippen molar-refractivity contribution < 1.29 is 13.2 Å². The van der Waals surface area contributed by atoms with Crippen molar-refractivity contribution in [1.82, 2.24) is 14.3 Å². The monoisotopic (exact) mass is 599 g/mol. The Morgan fingerprint density at radius 2 is 1.64 bits per heavy atom. The van der Waals surface area contributed by atoms with Crippen molar-refractivity contribution in [1.29, 1.82) is 0 Å². The Morgan fingerprint density at radius 3 is 2.28 bits per heavy atom. The van der Waals surface area contributed by atoms with Gasteiger partial charge in [0.15, 0.2) is 0 Å². The molecule has 0 unspecified atom stereocenters. The Morgan fingerprint density at radius 1 is 0.949 bits per heavy atom. The molecular formula is C26H19Cl2N5O4S2. The fraction of sp³-hybridized carbons (Fsp3) is 0.0385. The predicted octanol–water partition coefficient (Wildman–Crippen LogP) is 5.97. The lowest BCUT2D eigenvalue weighted by atomic mass is 10.0. The summed E-state index contributed by atoms with van der Waals surface area (Å²) in [4.78, 5) is 29.9. The molecule has 3 heterocycles. The van der Waals surface area contributed by atoms with E-state index in [1.54, 1.807) is 48.9 Å². The van der Waals surface area contributed by atoms with E-state index in [1.807, 2.05) is 36.0 Å². The Balaban J connectivity index is 1.45. The van der Waals surface area contributed by atoms with E-state index in [4.69, 9.17) is 23.2 Å². The van der Waals surface area contributed by atoms with Gasteiger partial charge in [0, 0.05) is 53.7 Å². The first kappa shape index (κ1) is 26.7. The molecule has 0 saturated carbocycles. The average molecular weight is 601 g/mol. The quantitative estimate of drug-likeness (QED) is 0.221. The summed E-state index contributed by atoms with van der Waals surface area (Å²) in [7, 11) is -2.35. The number of fused-ring (bicyclic) bond motifs is 1. The summed E-state index contributed by atoms with van der Waals surface area (Å²) in [5, 5.41) is 6.97. The van der Waals surface area contributed by atoms with Gasteiger partial charge in [-0.05, 0) is 71.6 Å². The minimum atomic E-state index is -4.16. The topological polar surface area (TPSA) is 122 Å². The number of anilines is 2. The molecule has 2 aromatic carbocycles. The van der Waals surface area contributed by atoms with Gasteiger partial charge < -0.3 is 10.6 Å². The van der Waals surface area contributed by atoms with Crippen molar-refractivity contribution >= 4 is 72.7 Å². The number of pyridine rings is 2. The van der Waals surface area contributed by atoms with Crippen molar-refractivity contribution in [2.24, 2.45) is 0 Å². The average Bonchev–Trinajstić information content (AvgIpc) is 3.28. The van der Waals surface area contributed by atoms with Crippen LogP contribution in [0.2, 0.25) is 9.36 Å². The number of nitrogens with one attached hydrogen (secondary N) is 3. The zero-order chi connectivity index (χ0) is 27.7. The van der Waals surface area contributed by atoms with E-state index < -0.39 is 16.1 Å². The third kappa shape index (κ3) is 5.48. The number of aromatic nitrogens is 2. The van der Waals surface area contributed by atoms with Gasteiger partial charge in [0.1, 0.15) is 8.55 Å². The van der Waals surface area contributed by atoms with Gasteiger partial charge in [-0.1, -0.05) is 23.2 Å². The molecule has 13 heteroatoms. The highest BCUT2D eigenvalue weighted by molar-refractivity contribution is 7.92. The molecule has 0 fully saturated rings. The van der Waals surface area contributed by atoms with Gasteiger partial charge in [0.05, 0.1) is 5.02 Å². The second-order valence-corrected chi connectivity index (χ2v) is 12.2. The normalized spacial score (nSPS) is 11.4. The van der Waals surface area contributed by atoms with Crippen LogP contribution in [0, 0.1) is 0 Å². The lowest BCUT2D eigenvalue weighted by Gasteiger charge is -2.14.